The van der Waals surface area contributed by atoms with Crippen molar-refractivity contribution < 1.29 is 14.7 Å². The standard InChI is InChI=1S/C19H16ClN3O3/c20-13-5-7-14(8-6-13)22-10-12(9-17(22)24)19-21-15-3-1-2-4-16(15)23(19)11-18(25)26/h1-8,12H,9-11H2,(H,25,26). The molecule has 1 aromatic heterocycles. The van der Waals surface area contributed by atoms with Crippen molar-refractivity contribution >= 4 is 40.2 Å². The minimum atomic E-state index is -0.937. The van der Waals surface area contributed by atoms with Crippen LogP contribution >= 0.6 is 11.6 Å². The van der Waals surface area contributed by atoms with E-state index < -0.39 is 5.97 Å². The number of nitrogens with zero attached hydrogens (tertiary/aromatic N) is 3. The molecule has 1 N–H and O–H groups in total. The maximum atomic E-state index is 12.5. The van der Waals surface area contributed by atoms with Gasteiger partial charge in [0.15, 0.2) is 0 Å². The number of fused-ring (bicyclic) bond motifs is 1. The Morgan fingerprint density at radius 3 is 2.65 bits per heavy atom. The van der Waals surface area contributed by atoms with Crippen LogP contribution in [-0.2, 0) is 16.1 Å². The lowest BCUT2D eigenvalue weighted by molar-refractivity contribution is -0.137. The number of carboxylic acids is 1. The van der Waals surface area contributed by atoms with Crippen molar-refractivity contribution in [3.05, 3.63) is 59.4 Å². The van der Waals surface area contributed by atoms with Crippen LogP contribution in [0.5, 0.6) is 0 Å². The maximum absolute atomic E-state index is 12.5. The monoisotopic (exact) mass is 369 g/mol. The maximum Gasteiger partial charge on any atom is 0.323 e. The second-order valence-corrected chi connectivity index (χ2v) is 6.76. The number of aliphatic carboxylic acids is 1. The number of anilines is 1. The largest absolute Gasteiger partial charge is 0.480 e. The summed E-state index contributed by atoms with van der Waals surface area (Å²) < 4.78 is 1.70. The molecule has 2 heterocycles. The van der Waals surface area contributed by atoms with Crippen LogP contribution < -0.4 is 4.90 Å². The molecule has 0 spiro atoms. The topological polar surface area (TPSA) is 75.4 Å². The van der Waals surface area contributed by atoms with Crippen LogP contribution in [0.25, 0.3) is 11.0 Å². The average molecular weight is 370 g/mol. The Bertz CT molecular complexity index is 997. The molecule has 3 aromatic rings. The Hall–Kier alpha value is -2.86. The highest BCUT2D eigenvalue weighted by atomic mass is 35.5. The van der Waals surface area contributed by atoms with Crippen molar-refractivity contribution in [3.8, 4) is 0 Å². The summed E-state index contributed by atoms with van der Waals surface area (Å²) in [5.74, 6) is -0.470. The van der Waals surface area contributed by atoms with Gasteiger partial charge in [0.05, 0.1) is 11.0 Å². The van der Waals surface area contributed by atoms with Crippen molar-refractivity contribution in [2.24, 2.45) is 0 Å². The number of carbonyl (C=O) groups is 2. The summed E-state index contributed by atoms with van der Waals surface area (Å²) in [6.45, 7) is 0.283. The predicted octanol–water partition coefficient (Wildman–Crippen LogP) is 3.29. The molecule has 1 unspecified atom stereocenters. The van der Waals surface area contributed by atoms with Gasteiger partial charge in [-0.05, 0) is 36.4 Å². The van der Waals surface area contributed by atoms with E-state index in [0.717, 1.165) is 16.7 Å². The van der Waals surface area contributed by atoms with Crippen LogP contribution in [0.1, 0.15) is 18.2 Å². The zero-order valence-electron chi connectivity index (χ0n) is 13.8. The molecule has 0 aliphatic carbocycles. The second kappa shape index (κ2) is 6.46. The van der Waals surface area contributed by atoms with Gasteiger partial charge in [-0.25, -0.2) is 4.98 Å². The number of aromatic nitrogens is 2. The van der Waals surface area contributed by atoms with E-state index in [1.165, 1.54) is 0 Å². The second-order valence-electron chi connectivity index (χ2n) is 6.32. The number of rotatable bonds is 4. The van der Waals surface area contributed by atoms with E-state index in [1.807, 2.05) is 36.4 Å². The molecule has 1 fully saturated rings. The first-order chi connectivity index (χ1) is 12.5. The number of carboxylic acid groups (broad SMARTS) is 1. The van der Waals surface area contributed by atoms with Crippen LogP contribution in [0, 0.1) is 0 Å². The molecule has 6 nitrogen and oxygen atoms in total. The number of imidazole rings is 1. The number of hydrogen-bond donors (Lipinski definition) is 1. The van der Waals surface area contributed by atoms with Gasteiger partial charge in [0, 0.05) is 29.6 Å². The average Bonchev–Trinajstić information content (AvgIpc) is 3.16. The summed E-state index contributed by atoms with van der Waals surface area (Å²) in [4.78, 5) is 30.2. The fourth-order valence-electron chi connectivity index (χ4n) is 3.46. The molecule has 1 atom stereocenters. The van der Waals surface area contributed by atoms with E-state index >= 15 is 0 Å². The van der Waals surface area contributed by atoms with Crippen molar-refractivity contribution in [1.82, 2.24) is 9.55 Å². The zero-order chi connectivity index (χ0) is 18.3. The van der Waals surface area contributed by atoms with Crippen molar-refractivity contribution in [2.45, 2.75) is 18.9 Å². The molecule has 7 heteroatoms. The normalized spacial score (nSPS) is 17.2. The molecule has 26 heavy (non-hydrogen) atoms. The summed E-state index contributed by atoms with van der Waals surface area (Å²) >= 11 is 5.92. The van der Waals surface area contributed by atoms with Crippen LogP contribution in [-0.4, -0.2) is 33.1 Å². The minimum absolute atomic E-state index is 0.00810. The lowest BCUT2D eigenvalue weighted by Gasteiger charge is -2.17. The Morgan fingerprint density at radius 1 is 1.19 bits per heavy atom. The van der Waals surface area contributed by atoms with Gasteiger partial charge in [0.25, 0.3) is 0 Å². The van der Waals surface area contributed by atoms with Gasteiger partial charge in [-0.1, -0.05) is 23.7 Å². The van der Waals surface area contributed by atoms with E-state index in [2.05, 4.69) is 4.98 Å². The molecule has 2 aromatic carbocycles. The molecule has 132 valence electrons. The third kappa shape index (κ3) is 2.93. The molecule has 4 rings (SSSR count). The molecule has 1 amide bonds. The van der Waals surface area contributed by atoms with Crippen LogP contribution in [0.4, 0.5) is 5.69 Å². The quantitative estimate of drug-likeness (QED) is 0.765. The molecule has 0 saturated carbocycles. The van der Waals surface area contributed by atoms with E-state index in [0.29, 0.717) is 23.8 Å². The van der Waals surface area contributed by atoms with Gasteiger partial charge < -0.3 is 14.6 Å². The van der Waals surface area contributed by atoms with Gasteiger partial charge in [0.2, 0.25) is 5.91 Å². The van der Waals surface area contributed by atoms with Crippen LogP contribution in [0.2, 0.25) is 5.02 Å². The Balaban J connectivity index is 1.71. The van der Waals surface area contributed by atoms with E-state index in [1.54, 1.807) is 21.6 Å². The molecule has 1 aliphatic heterocycles. The van der Waals surface area contributed by atoms with Gasteiger partial charge in [-0.2, -0.15) is 0 Å². The highest BCUT2D eigenvalue weighted by molar-refractivity contribution is 6.30. The number of halogens is 1. The summed E-state index contributed by atoms with van der Waals surface area (Å²) in [6, 6.07) is 14.5. The minimum Gasteiger partial charge on any atom is -0.480 e. The first-order valence-corrected chi connectivity index (χ1v) is 8.63. The summed E-state index contributed by atoms with van der Waals surface area (Å²) in [7, 11) is 0. The Labute approximate surface area is 154 Å². The summed E-state index contributed by atoms with van der Waals surface area (Å²) in [6.07, 6.45) is 0.297. The molecule has 0 radical (unpaired) electrons. The lowest BCUT2D eigenvalue weighted by Crippen LogP contribution is -2.24. The molecule has 1 saturated heterocycles. The van der Waals surface area contributed by atoms with Gasteiger partial charge in [-0.15, -0.1) is 0 Å². The van der Waals surface area contributed by atoms with Crippen molar-refractivity contribution in [2.75, 3.05) is 11.4 Å². The molecule has 0 bridgehead atoms. The fourth-order valence-corrected chi connectivity index (χ4v) is 3.58. The molecular weight excluding hydrogens is 354 g/mol. The van der Waals surface area contributed by atoms with Crippen molar-refractivity contribution in [1.29, 1.82) is 0 Å². The number of benzene rings is 2. The van der Waals surface area contributed by atoms with E-state index in [4.69, 9.17) is 11.6 Å². The Kier molecular flexibility index (Phi) is 4.12. The number of para-hydroxylation sites is 2. The predicted molar refractivity (Wildman–Crippen MR) is 98.5 cm³/mol. The number of carbonyl (C=O) groups excluding carboxylic acids is 1. The van der Waals surface area contributed by atoms with Crippen molar-refractivity contribution in [3.63, 3.8) is 0 Å². The third-order valence-electron chi connectivity index (χ3n) is 4.61. The molecule has 1 aliphatic rings. The summed E-state index contributed by atoms with van der Waals surface area (Å²) in [5, 5.41) is 9.89. The Morgan fingerprint density at radius 2 is 1.92 bits per heavy atom. The van der Waals surface area contributed by atoms with Gasteiger partial charge in [-0.3, -0.25) is 9.59 Å². The van der Waals surface area contributed by atoms with Gasteiger partial charge in [0.1, 0.15) is 12.4 Å². The fraction of sp³-hybridized carbons (Fsp3) is 0.211. The number of amides is 1. The zero-order valence-corrected chi connectivity index (χ0v) is 14.6. The van der Waals surface area contributed by atoms with E-state index in [-0.39, 0.29) is 18.4 Å². The SMILES string of the molecule is O=C(O)Cn1c(C2CC(=O)N(c3ccc(Cl)cc3)C2)nc2ccccc21. The highest BCUT2D eigenvalue weighted by Crippen LogP contribution is 2.33. The first-order valence-electron chi connectivity index (χ1n) is 8.26. The highest BCUT2D eigenvalue weighted by Gasteiger charge is 2.35. The molecular formula is C19H16ClN3O3. The lowest BCUT2D eigenvalue weighted by atomic mass is 10.1. The van der Waals surface area contributed by atoms with E-state index in [9.17, 15) is 14.7 Å². The van der Waals surface area contributed by atoms with Gasteiger partial charge >= 0.3 is 5.97 Å². The first kappa shape index (κ1) is 16.6. The van der Waals surface area contributed by atoms with Crippen LogP contribution in [0.15, 0.2) is 48.5 Å². The number of hydrogen-bond acceptors (Lipinski definition) is 3. The smallest absolute Gasteiger partial charge is 0.323 e. The summed E-state index contributed by atoms with van der Waals surface area (Å²) in [5.41, 5.74) is 2.28. The van der Waals surface area contributed by atoms with Crippen LogP contribution in [0.3, 0.4) is 0 Å². The third-order valence-corrected chi connectivity index (χ3v) is 4.86.